The molecule has 0 bridgehead atoms. The molecule has 0 atom stereocenters. The van der Waals surface area contributed by atoms with Gasteiger partial charge in [0, 0.05) is 11.1 Å². The fraction of sp³-hybridized carbons (Fsp3) is 0.471. The van der Waals surface area contributed by atoms with Gasteiger partial charge in [0.15, 0.2) is 0 Å². The summed E-state index contributed by atoms with van der Waals surface area (Å²) in [6.07, 6.45) is 0.833. The Bertz CT molecular complexity index is 422. The summed E-state index contributed by atoms with van der Waals surface area (Å²) in [6, 6.07) is 9.10. The molecule has 1 aromatic rings. The van der Waals surface area contributed by atoms with Gasteiger partial charge >= 0.3 is 0 Å². The lowest BCUT2D eigenvalue weighted by atomic mass is 9.73. The van der Waals surface area contributed by atoms with Gasteiger partial charge in [-0.15, -0.1) is 0 Å². The topological polar surface area (TPSA) is 34.1 Å². The van der Waals surface area contributed by atoms with Crippen LogP contribution >= 0.6 is 0 Å². The van der Waals surface area contributed by atoms with Gasteiger partial charge in [0.2, 0.25) is 0 Å². The molecule has 0 amide bonds. The molecule has 0 aliphatic rings. The second-order valence-corrected chi connectivity index (χ2v) is 6.51. The lowest BCUT2D eigenvalue weighted by Gasteiger charge is -2.30. The highest BCUT2D eigenvalue weighted by Crippen LogP contribution is 2.36. The molecule has 2 heteroatoms. The molecule has 0 unspecified atom stereocenters. The number of allylic oxidation sites excluding steroid dienone is 1. The Morgan fingerprint density at radius 3 is 1.53 bits per heavy atom. The number of carbonyl (C=O) groups is 1. The van der Waals surface area contributed by atoms with Crippen molar-refractivity contribution in [3.63, 3.8) is 0 Å². The lowest BCUT2D eigenvalue weighted by molar-refractivity contribution is 0.112. The summed E-state index contributed by atoms with van der Waals surface area (Å²) < 4.78 is 0. The molecule has 0 saturated carbocycles. The van der Waals surface area contributed by atoms with Crippen LogP contribution in [0, 0.1) is 10.8 Å². The van der Waals surface area contributed by atoms with E-state index in [1.165, 1.54) is 0 Å². The maximum atomic E-state index is 10.6. The van der Waals surface area contributed by atoms with Crippen LogP contribution in [-0.4, -0.2) is 12.2 Å². The highest BCUT2D eigenvalue weighted by atomic mass is 16.1. The van der Waals surface area contributed by atoms with Gasteiger partial charge < -0.3 is 0 Å². The van der Waals surface area contributed by atoms with Crippen LogP contribution in [0.3, 0.4) is 0 Å². The standard InChI is InChI=1S/C10H18O.C7H6O/c1-9(2,3)8(7-11)10(4,5)6;8-6-7-4-2-1-3-5-7/h1-6H3;1-6H. The van der Waals surface area contributed by atoms with Crippen LogP contribution in [0.1, 0.15) is 51.9 Å². The van der Waals surface area contributed by atoms with Crippen molar-refractivity contribution in [2.75, 3.05) is 0 Å². The minimum atomic E-state index is -0.0556. The first-order chi connectivity index (χ1) is 8.62. The van der Waals surface area contributed by atoms with Crippen molar-refractivity contribution in [1.82, 2.24) is 0 Å². The third-order valence-corrected chi connectivity index (χ3v) is 2.54. The van der Waals surface area contributed by atoms with Gasteiger partial charge in [0.05, 0.1) is 0 Å². The maximum Gasteiger partial charge on any atom is 0.150 e. The molecule has 19 heavy (non-hydrogen) atoms. The zero-order chi connectivity index (χ0) is 15.1. The van der Waals surface area contributed by atoms with Crippen LogP contribution in [-0.2, 0) is 4.79 Å². The summed E-state index contributed by atoms with van der Waals surface area (Å²) in [5, 5.41) is 0. The quantitative estimate of drug-likeness (QED) is 0.556. The first kappa shape index (κ1) is 17.3. The number of hydrogen-bond donors (Lipinski definition) is 0. The minimum absolute atomic E-state index is 0.0556. The molecule has 0 aliphatic heterocycles. The van der Waals surface area contributed by atoms with Crippen molar-refractivity contribution < 1.29 is 9.59 Å². The fourth-order valence-corrected chi connectivity index (χ4v) is 1.96. The van der Waals surface area contributed by atoms with Gasteiger partial charge in [-0.25, -0.2) is 4.79 Å². The van der Waals surface area contributed by atoms with Gasteiger partial charge in [-0.2, -0.15) is 0 Å². The molecule has 1 aromatic carbocycles. The summed E-state index contributed by atoms with van der Waals surface area (Å²) in [5.74, 6) is 2.05. The van der Waals surface area contributed by atoms with Crippen molar-refractivity contribution in [3.05, 3.63) is 41.5 Å². The van der Waals surface area contributed by atoms with Gasteiger partial charge in [-0.1, -0.05) is 71.9 Å². The predicted octanol–water partition coefficient (Wildman–Crippen LogP) is 4.34. The summed E-state index contributed by atoms with van der Waals surface area (Å²) in [4.78, 5) is 20.6. The van der Waals surface area contributed by atoms with E-state index in [9.17, 15) is 9.59 Å². The average molecular weight is 260 g/mol. The van der Waals surface area contributed by atoms with Crippen molar-refractivity contribution >= 4 is 12.2 Å². The molecular formula is C17H24O2. The highest BCUT2D eigenvalue weighted by molar-refractivity contribution is 5.74. The first-order valence-corrected chi connectivity index (χ1v) is 6.39. The monoisotopic (exact) mass is 260 g/mol. The van der Waals surface area contributed by atoms with Crippen LogP contribution in [0.4, 0.5) is 0 Å². The number of aldehydes is 1. The van der Waals surface area contributed by atoms with Crippen molar-refractivity contribution in [2.24, 2.45) is 10.8 Å². The van der Waals surface area contributed by atoms with Gasteiger partial charge in [-0.05, 0) is 10.8 Å². The van der Waals surface area contributed by atoms with E-state index in [0.717, 1.165) is 17.4 Å². The van der Waals surface area contributed by atoms with E-state index in [-0.39, 0.29) is 10.8 Å². The first-order valence-electron chi connectivity index (χ1n) is 6.39. The third kappa shape index (κ3) is 6.73. The summed E-state index contributed by atoms with van der Waals surface area (Å²) in [7, 11) is 0. The SMILES string of the molecule is CC(C)(C)C(=C=O)C(C)(C)C.O=Cc1ccccc1. The average Bonchev–Trinajstić information content (AvgIpc) is 2.28. The Kier molecular flexibility index (Phi) is 6.44. The molecule has 1 rings (SSSR count). The van der Waals surface area contributed by atoms with Crippen molar-refractivity contribution in [1.29, 1.82) is 0 Å². The lowest BCUT2D eigenvalue weighted by Crippen LogP contribution is -2.22. The highest BCUT2D eigenvalue weighted by Gasteiger charge is 2.28. The predicted molar refractivity (Wildman–Crippen MR) is 79.9 cm³/mol. The van der Waals surface area contributed by atoms with Crippen LogP contribution in [0.5, 0.6) is 0 Å². The summed E-state index contributed by atoms with van der Waals surface area (Å²) in [6.45, 7) is 12.2. The van der Waals surface area contributed by atoms with E-state index in [2.05, 4.69) is 0 Å². The molecule has 0 N–H and O–H groups in total. The smallest absolute Gasteiger partial charge is 0.150 e. The van der Waals surface area contributed by atoms with Crippen molar-refractivity contribution in [2.45, 2.75) is 41.5 Å². The maximum absolute atomic E-state index is 10.6. The Morgan fingerprint density at radius 2 is 1.37 bits per heavy atom. The number of benzene rings is 1. The van der Waals surface area contributed by atoms with E-state index in [1.807, 2.05) is 65.7 Å². The fourth-order valence-electron chi connectivity index (χ4n) is 1.96. The number of carbonyl (C=O) groups excluding carboxylic acids is 2. The van der Waals surface area contributed by atoms with Crippen molar-refractivity contribution in [3.8, 4) is 0 Å². The third-order valence-electron chi connectivity index (χ3n) is 2.54. The van der Waals surface area contributed by atoms with Gasteiger partial charge in [-0.3, -0.25) is 4.79 Å². The van der Waals surface area contributed by atoms with E-state index < -0.39 is 0 Å². The van der Waals surface area contributed by atoms with Gasteiger partial charge in [0.25, 0.3) is 0 Å². The molecule has 2 nitrogen and oxygen atoms in total. The zero-order valence-electron chi connectivity index (χ0n) is 12.8. The molecule has 104 valence electrons. The van der Waals surface area contributed by atoms with Crippen LogP contribution in [0.25, 0.3) is 0 Å². The molecule has 0 heterocycles. The molecule has 0 aromatic heterocycles. The zero-order valence-corrected chi connectivity index (χ0v) is 12.8. The van der Waals surface area contributed by atoms with Crippen LogP contribution in [0.15, 0.2) is 35.9 Å². The normalized spacial score (nSPS) is 10.8. The van der Waals surface area contributed by atoms with Crippen LogP contribution < -0.4 is 0 Å². The molecular weight excluding hydrogens is 236 g/mol. The minimum Gasteiger partial charge on any atom is -0.298 e. The summed E-state index contributed by atoms with van der Waals surface area (Å²) in [5.41, 5.74) is 1.47. The van der Waals surface area contributed by atoms with Gasteiger partial charge in [0.1, 0.15) is 12.2 Å². The second kappa shape index (κ2) is 7.06. The molecule has 0 saturated heterocycles. The Labute approximate surface area is 116 Å². The van der Waals surface area contributed by atoms with E-state index in [0.29, 0.717) is 0 Å². The summed E-state index contributed by atoms with van der Waals surface area (Å²) >= 11 is 0. The Balaban J connectivity index is 0.000000356. The Morgan fingerprint density at radius 1 is 0.947 bits per heavy atom. The molecule has 0 fully saturated rings. The Hall–Kier alpha value is -1.66. The molecule has 0 aliphatic carbocycles. The largest absolute Gasteiger partial charge is 0.298 e. The number of rotatable bonds is 1. The second-order valence-electron chi connectivity index (χ2n) is 6.51. The number of hydrogen-bond acceptors (Lipinski definition) is 2. The van der Waals surface area contributed by atoms with E-state index in [1.54, 1.807) is 12.1 Å². The van der Waals surface area contributed by atoms with E-state index in [4.69, 9.17) is 0 Å². The molecule has 0 spiro atoms. The van der Waals surface area contributed by atoms with E-state index >= 15 is 0 Å². The van der Waals surface area contributed by atoms with Crippen LogP contribution in [0.2, 0.25) is 0 Å². The molecule has 0 radical (unpaired) electrons.